The molecule has 0 radical (unpaired) electrons. The predicted molar refractivity (Wildman–Crippen MR) is 75.3 cm³/mol. The van der Waals surface area contributed by atoms with Gasteiger partial charge in [0.2, 0.25) is 0 Å². The van der Waals surface area contributed by atoms with E-state index in [1.54, 1.807) is 0 Å². The molecule has 0 aliphatic carbocycles. The molecule has 0 spiro atoms. The summed E-state index contributed by atoms with van der Waals surface area (Å²) in [6.07, 6.45) is 2.24. The maximum absolute atomic E-state index is 12.2. The smallest absolute Gasteiger partial charge is 0.189 e. The second kappa shape index (κ2) is 6.69. The van der Waals surface area contributed by atoms with Gasteiger partial charge in [-0.3, -0.25) is 4.79 Å². The molecule has 0 aromatic heterocycles. The average Bonchev–Trinajstić information content (AvgIpc) is 2.25. The normalized spacial score (nSPS) is 12.5. The van der Waals surface area contributed by atoms with E-state index in [4.69, 9.17) is 4.74 Å². The molecule has 0 aliphatic rings. The minimum Gasteiger partial charge on any atom is -0.370 e. The standard InChI is InChI=1S/C16H24O2/c1-6-7-14(5)18-10-15(17)16-12(3)8-11(2)9-13(16)4/h8-9,14H,6-7,10H2,1-5H3. The number of carbonyl (C=O) groups excluding carboxylic acids is 1. The summed E-state index contributed by atoms with van der Waals surface area (Å²) < 4.78 is 5.59. The zero-order chi connectivity index (χ0) is 13.7. The van der Waals surface area contributed by atoms with E-state index in [0.29, 0.717) is 0 Å². The minimum atomic E-state index is 0.0907. The molecular formula is C16H24O2. The fourth-order valence-electron chi connectivity index (χ4n) is 2.40. The molecule has 1 aromatic carbocycles. The van der Waals surface area contributed by atoms with Crippen LogP contribution in [0.3, 0.4) is 0 Å². The van der Waals surface area contributed by atoms with Crippen LogP contribution in [0, 0.1) is 20.8 Å². The summed E-state index contributed by atoms with van der Waals surface area (Å²) in [6, 6.07) is 4.10. The summed E-state index contributed by atoms with van der Waals surface area (Å²) in [7, 11) is 0. The van der Waals surface area contributed by atoms with Crippen molar-refractivity contribution >= 4 is 5.78 Å². The quantitative estimate of drug-likeness (QED) is 0.711. The molecule has 100 valence electrons. The number of aryl methyl sites for hydroxylation is 3. The molecule has 0 fully saturated rings. The number of carbonyl (C=O) groups is 1. The van der Waals surface area contributed by atoms with Crippen LogP contribution in [-0.2, 0) is 4.74 Å². The lowest BCUT2D eigenvalue weighted by Gasteiger charge is -2.14. The topological polar surface area (TPSA) is 26.3 Å². The first-order valence-electron chi connectivity index (χ1n) is 6.68. The predicted octanol–water partition coefficient (Wildman–Crippen LogP) is 4.00. The Balaban J connectivity index is 2.73. The molecule has 0 bridgehead atoms. The van der Waals surface area contributed by atoms with Crippen LogP contribution in [0.2, 0.25) is 0 Å². The van der Waals surface area contributed by atoms with Gasteiger partial charge < -0.3 is 4.74 Å². The van der Waals surface area contributed by atoms with Crippen LogP contribution >= 0.6 is 0 Å². The van der Waals surface area contributed by atoms with Crippen molar-refractivity contribution in [2.24, 2.45) is 0 Å². The number of ketones is 1. The lowest BCUT2D eigenvalue weighted by Crippen LogP contribution is -2.17. The Morgan fingerprint density at radius 3 is 2.28 bits per heavy atom. The van der Waals surface area contributed by atoms with Crippen LogP contribution in [-0.4, -0.2) is 18.5 Å². The molecular weight excluding hydrogens is 224 g/mol. The molecule has 2 nitrogen and oxygen atoms in total. The van der Waals surface area contributed by atoms with Crippen LogP contribution < -0.4 is 0 Å². The van der Waals surface area contributed by atoms with Crippen molar-refractivity contribution in [1.29, 1.82) is 0 Å². The Kier molecular flexibility index (Phi) is 5.54. The van der Waals surface area contributed by atoms with Crippen molar-refractivity contribution in [1.82, 2.24) is 0 Å². The Bertz CT molecular complexity index is 398. The highest BCUT2D eigenvalue weighted by Gasteiger charge is 2.14. The molecule has 0 N–H and O–H groups in total. The Labute approximate surface area is 110 Å². The van der Waals surface area contributed by atoms with Crippen LogP contribution in [0.5, 0.6) is 0 Å². The van der Waals surface area contributed by atoms with E-state index in [1.807, 2.05) is 27.7 Å². The number of benzene rings is 1. The molecule has 18 heavy (non-hydrogen) atoms. The number of hydrogen-bond donors (Lipinski definition) is 0. The average molecular weight is 248 g/mol. The fourth-order valence-corrected chi connectivity index (χ4v) is 2.40. The first-order valence-corrected chi connectivity index (χ1v) is 6.68. The van der Waals surface area contributed by atoms with Gasteiger partial charge in [0.05, 0.1) is 6.10 Å². The molecule has 0 saturated carbocycles. The van der Waals surface area contributed by atoms with Gasteiger partial charge >= 0.3 is 0 Å². The largest absolute Gasteiger partial charge is 0.370 e. The maximum Gasteiger partial charge on any atom is 0.189 e. The monoisotopic (exact) mass is 248 g/mol. The number of rotatable bonds is 6. The van der Waals surface area contributed by atoms with Crippen molar-refractivity contribution in [2.45, 2.75) is 53.6 Å². The third kappa shape index (κ3) is 3.95. The molecule has 2 heteroatoms. The van der Waals surface area contributed by atoms with E-state index in [9.17, 15) is 4.79 Å². The van der Waals surface area contributed by atoms with Gasteiger partial charge in [0, 0.05) is 5.56 Å². The van der Waals surface area contributed by atoms with Crippen LogP contribution in [0.25, 0.3) is 0 Å². The molecule has 0 aliphatic heterocycles. The van der Waals surface area contributed by atoms with Gasteiger partial charge in [-0.15, -0.1) is 0 Å². The van der Waals surface area contributed by atoms with Crippen LogP contribution in [0.4, 0.5) is 0 Å². The Morgan fingerprint density at radius 2 is 1.78 bits per heavy atom. The van der Waals surface area contributed by atoms with Crippen molar-refractivity contribution in [3.8, 4) is 0 Å². The summed E-state index contributed by atoms with van der Waals surface area (Å²) in [5, 5.41) is 0. The van der Waals surface area contributed by atoms with Gasteiger partial charge in [0.1, 0.15) is 6.61 Å². The first kappa shape index (κ1) is 14.9. The highest BCUT2D eigenvalue weighted by atomic mass is 16.5. The minimum absolute atomic E-state index is 0.0907. The molecule has 1 unspecified atom stereocenters. The highest BCUT2D eigenvalue weighted by Crippen LogP contribution is 2.17. The van der Waals surface area contributed by atoms with Crippen molar-refractivity contribution in [3.05, 3.63) is 34.4 Å². The number of hydrogen-bond acceptors (Lipinski definition) is 2. The van der Waals surface area contributed by atoms with Crippen LogP contribution in [0.1, 0.15) is 53.7 Å². The molecule has 0 saturated heterocycles. The SMILES string of the molecule is CCCC(C)OCC(=O)c1c(C)cc(C)cc1C. The Morgan fingerprint density at radius 1 is 1.22 bits per heavy atom. The fraction of sp³-hybridized carbons (Fsp3) is 0.562. The second-order valence-corrected chi connectivity index (χ2v) is 5.11. The third-order valence-corrected chi connectivity index (χ3v) is 3.15. The molecule has 1 rings (SSSR count). The lowest BCUT2D eigenvalue weighted by molar-refractivity contribution is 0.0489. The van der Waals surface area contributed by atoms with Gasteiger partial charge in [-0.2, -0.15) is 0 Å². The zero-order valence-electron chi connectivity index (χ0n) is 12.2. The van der Waals surface area contributed by atoms with E-state index >= 15 is 0 Å². The van der Waals surface area contributed by atoms with E-state index < -0.39 is 0 Å². The maximum atomic E-state index is 12.2. The molecule has 1 aromatic rings. The van der Waals surface area contributed by atoms with Gasteiger partial charge in [0.15, 0.2) is 5.78 Å². The number of Topliss-reactive ketones (excluding diaryl/α,β-unsaturated/α-hetero) is 1. The number of ether oxygens (including phenoxy) is 1. The van der Waals surface area contributed by atoms with E-state index in [-0.39, 0.29) is 18.5 Å². The lowest BCUT2D eigenvalue weighted by atomic mass is 9.97. The molecule has 0 heterocycles. The van der Waals surface area contributed by atoms with Gasteiger partial charge in [-0.1, -0.05) is 31.0 Å². The van der Waals surface area contributed by atoms with Crippen molar-refractivity contribution < 1.29 is 9.53 Å². The van der Waals surface area contributed by atoms with Crippen molar-refractivity contribution in [3.63, 3.8) is 0 Å². The first-order chi connectivity index (χ1) is 8.45. The summed E-state index contributed by atoms with van der Waals surface area (Å²) >= 11 is 0. The van der Waals surface area contributed by atoms with E-state index in [2.05, 4.69) is 19.1 Å². The summed E-state index contributed by atoms with van der Waals surface area (Å²) in [6.45, 7) is 10.4. The summed E-state index contributed by atoms with van der Waals surface area (Å²) in [4.78, 5) is 12.2. The van der Waals surface area contributed by atoms with E-state index in [0.717, 1.165) is 29.5 Å². The Hall–Kier alpha value is -1.15. The van der Waals surface area contributed by atoms with Crippen molar-refractivity contribution in [2.75, 3.05) is 6.61 Å². The van der Waals surface area contributed by atoms with Crippen LogP contribution in [0.15, 0.2) is 12.1 Å². The zero-order valence-corrected chi connectivity index (χ0v) is 12.2. The summed E-state index contributed by atoms with van der Waals surface area (Å²) in [5.74, 6) is 0.0907. The third-order valence-electron chi connectivity index (χ3n) is 3.15. The molecule has 0 amide bonds. The van der Waals surface area contributed by atoms with Gasteiger partial charge in [-0.05, 0) is 45.2 Å². The highest BCUT2D eigenvalue weighted by molar-refractivity contribution is 5.99. The second-order valence-electron chi connectivity index (χ2n) is 5.11. The van der Waals surface area contributed by atoms with Gasteiger partial charge in [0.25, 0.3) is 0 Å². The molecule has 1 atom stereocenters. The van der Waals surface area contributed by atoms with Gasteiger partial charge in [-0.25, -0.2) is 0 Å². The summed E-state index contributed by atoms with van der Waals surface area (Å²) in [5.41, 5.74) is 4.11. The van der Waals surface area contributed by atoms with E-state index in [1.165, 1.54) is 5.56 Å².